The summed E-state index contributed by atoms with van der Waals surface area (Å²) in [5, 5.41) is 0. The largest absolute Gasteiger partial charge is 0.380 e. The second-order valence-corrected chi connectivity index (χ2v) is 4.99. The number of rotatable bonds is 3. The van der Waals surface area contributed by atoms with Crippen molar-refractivity contribution in [1.29, 1.82) is 0 Å². The molecule has 0 aromatic carbocycles. The predicted octanol–water partition coefficient (Wildman–Crippen LogP) is 2.78. The Hall–Kier alpha value is -0.0800. The van der Waals surface area contributed by atoms with E-state index in [2.05, 4.69) is 18.7 Å². The summed E-state index contributed by atoms with van der Waals surface area (Å²) in [5.41, 5.74) is 0.490. The van der Waals surface area contributed by atoms with Crippen molar-refractivity contribution in [3.8, 4) is 0 Å². The third kappa shape index (κ3) is 2.94. The molecule has 2 saturated heterocycles. The highest BCUT2D eigenvalue weighted by Crippen LogP contribution is 2.37. The van der Waals surface area contributed by atoms with Crippen LogP contribution in [0.25, 0.3) is 0 Å². The summed E-state index contributed by atoms with van der Waals surface area (Å²) in [5.74, 6) is 0.766. The summed E-state index contributed by atoms with van der Waals surface area (Å²) in [6, 6.07) is 0. The lowest BCUT2D eigenvalue weighted by Crippen LogP contribution is -2.53. The van der Waals surface area contributed by atoms with Gasteiger partial charge in [-0.05, 0) is 31.8 Å². The first kappa shape index (κ1) is 13.0. The van der Waals surface area contributed by atoms with E-state index in [0.717, 1.165) is 19.1 Å². The van der Waals surface area contributed by atoms with Crippen molar-refractivity contribution in [2.45, 2.75) is 40.5 Å². The Bertz CT molecular complexity index is 169. The van der Waals surface area contributed by atoms with Gasteiger partial charge in [-0.2, -0.15) is 0 Å². The van der Waals surface area contributed by atoms with E-state index < -0.39 is 0 Å². The van der Waals surface area contributed by atoms with E-state index in [4.69, 9.17) is 4.74 Å². The molecule has 0 saturated carbocycles. The van der Waals surface area contributed by atoms with E-state index in [0.29, 0.717) is 5.41 Å². The van der Waals surface area contributed by atoms with E-state index >= 15 is 0 Å². The highest BCUT2D eigenvalue weighted by Gasteiger charge is 2.42. The summed E-state index contributed by atoms with van der Waals surface area (Å²) in [6.07, 6.45) is 2.80. The van der Waals surface area contributed by atoms with E-state index in [1.54, 1.807) is 0 Å². The third-order valence-corrected chi connectivity index (χ3v) is 3.74. The van der Waals surface area contributed by atoms with Crippen LogP contribution in [0, 0.1) is 11.3 Å². The minimum Gasteiger partial charge on any atom is -0.380 e. The molecule has 2 nitrogen and oxygen atoms in total. The first-order valence-electron chi connectivity index (χ1n) is 6.53. The highest BCUT2D eigenvalue weighted by molar-refractivity contribution is 4.91. The van der Waals surface area contributed by atoms with Gasteiger partial charge < -0.3 is 9.64 Å². The lowest BCUT2D eigenvalue weighted by Gasteiger charge is -2.47. The molecule has 0 spiro atoms. The van der Waals surface area contributed by atoms with E-state index in [1.165, 1.54) is 32.5 Å². The molecule has 0 bridgehead atoms. The molecule has 0 aromatic heterocycles. The molecule has 2 fully saturated rings. The summed E-state index contributed by atoms with van der Waals surface area (Å²) in [7, 11) is 0. The van der Waals surface area contributed by atoms with Crippen LogP contribution < -0.4 is 0 Å². The van der Waals surface area contributed by atoms with Gasteiger partial charge in [-0.3, -0.25) is 0 Å². The van der Waals surface area contributed by atoms with Crippen molar-refractivity contribution >= 4 is 0 Å². The summed E-state index contributed by atoms with van der Waals surface area (Å²) >= 11 is 0. The maximum Gasteiger partial charge on any atom is 0.0559 e. The first-order chi connectivity index (χ1) is 7.23. The highest BCUT2D eigenvalue weighted by atomic mass is 16.5. The van der Waals surface area contributed by atoms with Gasteiger partial charge in [0.25, 0.3) is 0 Å². The average Bonchev–Trinajstić information content (AvgIpc) is 2.66. The van der Waals surface area contributed by atoms with Crippen molar-refractivity contribution < 1.29 is 4.74 Å². The summed E-state index contributed by atoms with van der Waals surface area (Å²) in [4.78, 5) is 2.61. The monoisotopic (exact) mass is 213 g/mol. The van der Waals surface area contributed by atoms with Gasteiger partial charge in [-0.1, -0.05) is 27.7 Å². The molecule has 2 rings (SSSR count). The smallest absolute Gasteiger partial charge is 0.0559 e. The molecule has 0 atom stereocenters. The molecule has 2 heterocycles. The van der Waals surface area contributed by atoms with Crippen LogP contribution in [0.2, 0.25) is 0 Å². The Morgan fingerprint density at radius 3 is 2.00 bits per heavy atom. The van der Waals surface area contributed by atoms with Gasteiger partial charge in [0.1, 0.15) is 0 Å². The van der Waals surface area contributed by atoms with Crippen LogP contribution in [0.5, 0.6) is 0 Å². The lowest BCUT2D eigenvalue weighted by molar-refractivity contribution is -0.149. The minimum absolute atomic E-state index is 0.490. The Morgan fingerprint density at radius 2 is 1.67 bits per heavy atom. The zero-order valence-electron chi connectivity index (χ0n) is 10.9. The molecule has 15 heavy (non-hydrogen) atoms. The van der Waals surface area contributed by atoms with E-state index in [1.807, 2.05) is 13.8 Å². The fourth-order valence-corrected chi connectivity index (χ4v) is 2.36. The predicted molar refractivity (Wildman–Crippen MR) is 65.1 cm³/mol. The standard InChI is InChI=1S/C11H21NO.C2H6/c1-10(2)11(8-13-9-11)7-12-5-3-4-6-12;1-2/h10H,3-9H2,1-2H3;1-2H3. The topological polar surface area (TPSA) is 12.5 Å². The van der Waals surface area contributed by atoms with Gasteiger partial charge in [0.05, 0.1) is 13.2 Å². The maximum absolute atomic E-state index is 5.38. The maximum atomic E-state index is 5.38. The van der Waals surface area contributed by atoms with Crippen molar-refractivity contribution in [3.05, 3.63) is 0 Å². The molecule has 0 amide bonds. The summed E-state index contributed by atoms with van der Waals surface area (Å²) < 4.78 is 5.38. The molecule has 0 aliphatic carbocycles. The fourth-order valence-electron chi connectivity index (χ4n) is 2.36. The number of ether oxygens (including phenoxy) is 1. The zero-order valence-corrected chi connectivity index (χ0v) is 10.9. The van der Waals surface area contributed by atoms with E-state index in [-0.39, 0.29) is 0 Å². The number of hydrogen-bond acceptors (Lipinski definition) is 2. The van der Waals surface area contributed by atoms with Crippen LogP contribution in [0.4, 0.5) is 0 Å². The van der Waals surface area contributed by atoms with Gasteiger partial charge in [-0.15, -0.1) is 0 Å². The van der Waals surface area contributed by atoms with Gasteiger partial charge in [0, 0.05) is 12.0 Å². The molecule has 90 valence electrons. The van der Waals surface area contributed by atoms with Crippen molar-refractivity contribution in [2.24, 2.45) is 11.3 Å². The van der Waals surface area contributed by atoms with Crippen LogP contribution in [0.3, 0.4) is 0 Å². The fraction of sp³-hybridized carbons (Fsp3) is 1.00. The van der Waals surface area contributed by atoms with Crippen LogP contribution in [0.1, 0.15) is 40.5 Å². The molecule has 2 aliphatic heterocycles. The Morgan fingerprint density at radius 1 is 1.13 bits per heavy atom. The van der Waals surface area contributed by atoms with Crippen molar-refractivity contribution in [3.63, 3.8) is 0 Å². The van der Waals surface area contributed by atoms with Crippen LogP contribution in [0.15, 0.2) is 0 Å². The second kappa shape index (κ2) is 5.86. The van der Waals surface area contributed by atoms with Crippen LogP contribution in [-0.4, -0.2) is 37.7 Å². The van der Waals surface area contributed by atoms with Gasteiger partial charge in [0.2, 0.25) is 0 Å². The lowest BCUT2D eigenvalue weighted by atomic mass is 9.75. The summed E-state index contributed by atoms with van der Waals surface area (Å²) in [6.45, 7) is 14.5. The molecule has 0 N–H and O–H groups in total. The Balaban J connectivity index is 0.000000531. The zero-order chi connectivity index (χ0) is 11.3. The molecule has 0 unspecified atom stereocenters. The SMILES string of the molecule is CC.CC(C)C1(CN2CCCC2)COC1. The molecule has 2 heteroatoms. The van der Waals surface area contributed by atoms with Gasteiger partial charge in [0.15, 0.2) is 0 Å². The van der Waals surface area contributed by atoms with E-state index in [9.17, 15) is 0 Å². The number of likely N-dealkylation sites (tertiary alicyclic amines) is 1. The van der Waals surface area contributed by atoms with Crippen LogP contribution >= 0.6 is 0 Å². The number of nitrogens with zero attached hydrogens (tertiary/aromatic N) is 1. The molecule has 0 aromatic rings. The molecule has 0 radical (unpaired) electrons. The van der Waals surface area contributed by atoms with Crippen molar-refractivity contribution in [1.82, 2.24) is 4.90 Å². The normalized spacial score (nSPS) is 24.6. The van der Waals surface area contributed by atoms with Crippen LogP contribution in [-0.2, 0) is 4.74 Å². The second-order valence-electron chi connectivity index (χ2n) is 4.99. The number of hydrogen-bond donors (Lipinski definition) is 0. The van der Waals surface area contributed by atoms with Gasteiger partial charge in [-0.25, -0.2) is 0 Å². The Kier molecular flexibility index (Phi) is 5.07. The quantitative estimate of drug-likeness (QED) is 0.715. The van der Waals surface area contributed by atoms with Gasteiger partial charge >= 0.3 is 0 Å². The Labute approximate surface area is 95.0 Å². The third-order valence-electron chi connectivity index (χ3n) is 3.74. The first-order valence-corrected chi connectivity index (χ1v) is 6.53. The minimum atomic E-state index is 0.490. The molecule has 2 aliphatic rings. The average molecular weight is 213 g/mol. The molecular weight excluding hydrogens is 186 g/mol. The van der Waals surface area contributed by atoms with Crippen molar-refractivity contribution in [2.75, 3.05) is 32.8 Å². The molecular formula is C13H27NO.